The van der Waals surface area contributed by atoms with E-state index in [1.54, 1.807) is 13.0 Å². The maximum Gasteiger partial charge on any atom is 0.356 e. The van der Waals surface area contributed by atoms with Crippen LogP contribution < -0.4 is 0 Å². The maximum absolute atomic E-state index is 11.4. The van der Waals surface area contributed by atoms with E-state index in [-0.39, 0.29) is 11.5 Å². The average Bonchev–Trinajstić information content (AvgIpc) is 2.26. The van der Waals surface area contributed by atoms with Crippen molar-refractivity contribution in [1.82, 2.24) is 4.98 Å². The van der Waals surface area contributed by atoms with E-state index < -0.39 is 5.97 Å². The van der Waals surface area contributed by atoms with Crippen LogP contribution >= 0.6 is 15.9 Å². The van der Waals surface area contributed by atoms with E-state index in [0.717, 1.165) is 0 Å². The molecule has 0 unspecified atom stereocenters. The van der Waals surface area contributed by atoms with Crippen molar-refractivity contribution < 1.29 is 14.3 Å². The second-order valence-corrected chi connectivity index (χ2v) is 3.64. The summed E-state index contributed by atoms with van der Waals surface area (Å²) in [5.74, 6) is -0.593. The van der Waals surface area contributed by atoms with Gasteiger partial charge in [-0.2, -0.15) is 0 Å². The fourth-order valence-corrected chi connectivity index (χ4v) is 1.51. The number of hydrogen-bond donors (Lipinski definition) is 0. The third-order valence-electron chi connectivity index (χ3n) is 1.83. The number of esters is 1. The summed E-state index contributed by atoms with van der Waals surface area (Å²) in [6.07, 6.45) is 0.386. The first-order valence-electron chi connectivity index (χ1n) is 4.37. The summed E-state index contributed by atoms with van der Waals surface area (Å²) in [7, 11) is 1.27. The number of ether oxygens (including phenoxy) is 1. The molecule has 0 amide bonds. The molecule has 0 fully saturated rings. The molecule has 5 heteroatoms. The van der Waals surface area contributed by atoms with E-state index >= 15 is 0 Å². The number of carbonyl (C=O) groups excluding carboxylic acids is 2. The zero-order chi connectivity index (χ0) is 11.4. The zero-order valence-electron chi connectivity index (χ0n) is 8.41. The van der Waals surface area contributed by atoms with Crippen LogP contribution in [0.15, 0.2) is 16.7 Å². The van der Waals surface area contributed by atoms with Crippen LogP contribution in [0.3, 0.4) is 0 Å². The van der Waals surface area contributed by atoms with Crippen LogP contribution in [0.25, 0.3) is 0 Å². The van der Waals surface area contributed by atoms with Crippen molar-refractivity contribution in [1.29, 1.82) is 0 Å². The Morgan fingerprint density at radius 2 is 2.13 bits per heavy atom. The summed E-state index contributed by atoms with van der Waals surface area (Å²) in [6.45, 7) is 1.76. The summed E-state index contributed by atoms with van der Waals surface area (Å²) in [4.78, 5) is 26.6. The predicted molar refractivity (Wildman–Crippen MR) is 57.9 cm³/mol. The predicted octanol–water partition coefficient (Wildman–Crippen LogP) is 2.22. The Balaban J connectivity index is 3.16. The first-order valence-corrected chi connectivity index (χ1v) is 5.17. The molecule has 1 aromatic rings. The van der Waals surface area contributed by atoms with Gasteiger partial charge in [0, 0.05) is 12.0 Å². The molecule has 0 spiro atoms. The van der Waals surface area contributed by atoms with Gasteiger partial charge < -0.3 is 4.74 Å². The Bertz CT molecular complexity index is 369. The first-order chi connectivity index (χ1) is 7.08. The van der Waals surface area contributed by atoms with Gasteiger partial charge >= 0.3 is 5.97 Å². The van der Waals surface area contributed by atoms with E-state index in [0.29, 0.717) is 16.6 Å². The molecule has 1 rings (SSSR count). The van der Waals surface area contributed by atoms with Crippen LogP contribution in [0.2, 0.25) is 0 Å². The molecule has 1 aromatic heterocycles. The molecule has 0 saturated carbocycles. The quantitative estimate of drug-likeness (QED) is 0.481. The third-order valence-corrected chi connectivity index (χ3v) is 2.24. The molecule has 4 nitrogen and oxygen atoms in total. The number of aromatic nitrogens is 1. The number of methoxy groups -OCH3 is 1. The van der Waals surface area contributed by atoms with Gasteiger partial charge in [0.1, 0.15) is 10.3 Å². The van der Waals surface area contributed by atoms with Gasteiger partial charge in [-0.25, -0.2) is 9.78 Å². The minimum absolute atomic E-state index is 0.0387. The number of ketones is 1. The summed E-state index contributed by atoms with van der Waals surface area (Å²) in [5.41, 5.74) is 0.587. The number of hydrogen-bond acceptors (Lipinski definition) is 4. The van der Waals surface area contributed by atoms with Crippen molar-refractivity contribution in [2.24, 2.45) is 0 Å². The van der Waals surface area contributed by atoms with Gasteiger partial charge in [-0.1, -0.05) is 6.92 Å². The summed E-state index contributed by atoms with van der Waals surface area (Å²) < 4.78 is 4.97. The van der Waals surface area contributed by atoms with Gasteiger partial charge in [0.15, 0.2) is 5.78 Å². The number of carbonyl (C=O) groups is 2. The lowest BCUT2D eigenvalue weighted by Crippen LogP contribution is -2.07. The molecule has 0 atom stereocenters. The van der Waals surface area contributed by atoms with Crippen molar-refractivity contribution in [2.75, 3.05) is 7.11 Å². The van der Waals surface area contributed by atoms with Gasteiger partial charge in [-0.15, -0.1) is 0 Å². The standard InChI is InChI=1S/C10H10BrNO3/c1-3-8(13)6-4-7(10(14)15-2)12-9(11)5-6/h4-5H,3H2,1-2H3. The SMILES string of the molecule is CCC(=O)c1cc(Br)nc(C(=O)OC)c1. The number of pyridine rings is 1. The van der Waals surface area contributed by atoms with Crippen molar-refractivity contribution in [3.8, 4) is 0 Å². The van der Waals surface area contributed by atoms with Crippen molar-refractivity contribution in [2.45, 2.75) is 13.3 Å². The molecule has 0 saturated heterocycles. The summed E-state index contributed by atoms with van der Waals surface area (Å²) in [5, 5.41) is 0. The lowest BCUT2D eigenvalue weighted by molar-refractivity contribution is 0.0594. The molecular weight excluding hydrogens is 262 g/mol. The Labute approximate surface area is 95.8 Å². The van der Waals surface area contributed by atoms with Crippen molar-refractivity contribution in [3.63, 3.8) is 0 Å². The highest BCUT2D eigenvalue weighted by atomic mass is 79.9. The van der Waals surface area contributed by atoms with Gasteiger partial charge in [0.25, 0.3) is 0 Å². The van der Waals surface area contributed by atoms with Gasteiger partial charge in [-0.05, 0) is 28.1 Å². The lowest BCUT2D eigenvalue weighted by atomic mass is 10.1. The van der Waals surface area contributed by atoms with Crippen LogP contribution in [0.1, 0.15) is 34.2 Å². The van der Waals surface area contributed by atoms with Crippen LogP contribution in [-0.2, 0) is 4.74 Å². The minimum atomic E-state index is -0.554. The van der Waals surface area contributed by atoms with E-state index in [2.05, 4.69) is 25.7 Å². The van der Waals surface area contributed by atoms with Crippen LogP contribution in [0.5, 0.6) is 0 Å². The lowest BCUT2D eigenvalue weighted by Gasteiger charge is -2.02. The summed E-state index contributed by atoms with van der Waals surface area (Å²) >= 11 is 3.14. The third kappa shape index (κ3) is 2.86. The molecule has 15 heavy (non-hydrogen) atoms. The first kappa shape index (κ1) is 11.8. The minimum Gasteiger partial charge on any atom is -0.464 e. The van der Waals surface area contributed by atoms with E-state index in [9.17, 15) is 9.59 Å². The second kappa shape index (κ2) is 5.02. The molecule has 0 N–H and O–H groups in total. The maximum atomic E-state index is 11.4. The Kier molecular flexibility index (Phi) is 3.96. The number of rotatable bonds is 3. The van der Waals surface area contributed by atoms with Gasteiger partial charge in [0.2, 0.25) is 0 Å². The van der Waals surface area contributed by atoms with Crippen LogP contribution in [0, 0.1) is 0 Å². The molecule has 0 aliphatic heterocycles. The van der Waals surface area contributed by atoms with Crippen molar-refractivity contribution >= 4 is 27.7 Å². The highest BCUT2D eigenvalue weighted by Crippen LogP contribution is 2.14. The molecule has 0 bridgehead atoms. The zero-order valence-corrected chi connectivity index (χ0v) is 10.00. The molecule has 0 aromatic carbocycles. The number of Topliss-reactive ketones (excluding diaryl/α,β-unsaturated/α-hetero) is 1. The van der Waals surface area contributed by atoms with E-state index in [4.69, 9.17) is 0 Å². The largest absolute Gasteiger partial charge is 0.464 e. The Hall–Kier alpha value is -1.23. The van der Waals surface area contributed by atoms with Gasteiger partial charge in [-0.3, -0.25) is 4.79 Å². The fourth-order valence-electron chi connectivity index (χ4n) is 1.07. The number of halogens is 1. The molecule has 80 valence electrons. The highest BCUT2D eigenvalue weighted by molar-refractivity contribution is 9.10. The molecule has 0 aliphatic carbocycles. The van der Waals surface area contributed by atoms with Crippen LogP contribution in [0.4, 0.5) is 0 Å². The van der Waals surface area contributed by atoms with Crippen molar-refractivity contribution in [3.05, 3.63) is 28.0 Å². The molecule has 1 heterocycles. The van der Waals surface area contributed by atoms with Crippen LogP contribution in [-0.4, -0.2) is 23.8 Å². The number of nitrogens with zero attached hydrogens (tertiary/aromatic N) is 1. The monoisotopic (exact) mass is 271 g/mol. The fraction of sp³-hybridized carbons (Fsp3) is 0.300. The normalized spacial score (nSPS) is 9.80. The summed E-state index contributed by atoms with van der Waals surface area (Å²) in [6, 6.07) is 3.01. The van der Waals surface area contributed by atoms with Gasteiger partial charge in [0.05, 0.1) is 7.11 Å². The molecule has 0 aliphatic rings. The average molecular weight is 272 g/mol. The molecular formula is C10H10BrNO3. The topological polar surface area (TPSA) is 56.3 Å². The second-order valence-electron chi connectivity index (χ2n) is 2.83. The smallest absolute Gasteiger partial charge is 0.356 e. The van der Waals surface area contributed by atoms with E-state index in [1.165, 1.54) is 13.2 Å². The highest BCUT2D eigenvalue weighted by Gasteiger charge is 2.12. The van der Waals surface area contributed by atoms with E-state index in [1.807, 2.05) is 0 Å². The Morgan fingerprint density at radius 3 is 2.67 bits per heavy atom. The Morgan fingerprint density at radius 1 is 1.47 bits per heavy atom. The molecule has 0 radical (unpaired) electrons.